The zero-order chi connectivity index (χ0) is 15.1. The number of halogens is 1. The van der Waals surface area contributed by atoms with Gasteiger partial charge in [0, 0.05) is 30.3 Å². The Balaban J connectivity index is 0.00000400. The second-order valence-corrected chi connectivity index (χ2v) is 4.88. The highest BCUT2D eigenvalue weighted by molar-refractivity contribution is 5.95. The molecule has 0 aliphatic carbocycles. The number of rotatable bonds is 6. The van der Waals surface area contributed by atoms with Crippen LogP contribution in [0.25, 0.3) is 0 Å². The van der Waals surface area contributed by atoms with Gasteiger partial charge in [0.15, 0.2) is 0 Å². The Morgan fingerprint density at radius 3 is 2.48 bits per heavy atom. The molecule has 3 N–H and O–H groups in total. The SMILES string of the molecule is CCC(=O)Nc1ccc(C)c(NC(=O)C(C)CNC)c1.Cl. The normalized spacial score (nSPS) is 11.2. The summed E-state index contributed by atoms with van der Waals surface area (Å²) >= 11 is 0. The molecule has 118 valence electrons. The van der Waals surface area contributed by atoms with Crippen LogP contribution in [0.4, 0.5) is 11.4 Å². The van der Waals surface area contributed by atoms with E-state index in [0.717, 1.165) is 11.3 Å². The molecule has 6 heteroatoms. The predicted molar refractivity (Wildman–Crippen MR) is 89.1 cm³/mol. The fraction of sp³-hybridized carbons (Fsp3) is 0.467. The quantitative estimate of drug-likeness (QED) is 0.756. The van der Waals surface area contributed by atoms with E-state index in [1.807, 2.05) is 33.0 Å². The number of amides is 2. The molecule has 21 heavy (non-hydrogen) atoms. The second-order valence-electron chi connectivity index (χ2n) is 4.88. The highest BCUT2D eigenvalue weighted by Crippen LogP contribution is 2.21. The average molecular weight is 314 g/mol. The number of hydrogen-bond acceptors (Lipinski definition) is 3. The van der Waals surface area contributed by atoms with Crippen LogP contribution in [0.3, 0.4) is 0 Å². The van der Waals surface area contributed by atoms with E-state index >= 15 is 0 Å². The highest BCUT2D eigenvalue weighted by Gasteiger charge is 2.13. The van der Waals surface area contributed by atoms with Crippen molar-refractivity contribution in [3.05, 3.63) is 23.8 Å². The molecule has 0 fully saturated rings. The maximum absolute atomic E-state index is 12.0. The fourth-order valence-corrected chi connectivity index (χ4v) is 1.74. The Kier molecular flexibility index (Phi) is 8.66. The van der Waals surface area contributed by atoms with Crippen molar-refractivity contribution in [1.29, 1.82) is 0 Å². The Labute approximate surface area is 132 Å². The summed E-state index contributed by atoms with van der Waals surface area (Å²) in [6.07, 6.45) is 0.425. The molecule has 2 amide bonds. The lowest BCUT2D eigenvalue weighted by atomic mass is 10.1. The van der Waals surface area contributed by atoms with Crippen molar-refractivity contribution < 1.29 is 9.59 Å². The van der Waals surface area contributed by atoms with Crippen LogP contribution >= 0.6 is 12.4 Å². The van der Waals surface area contributed by atoms with Gasteiger partial charge in [0.2, 0.25) is 11.8 Å². The minimum absolute atomic E-state index is 0. The van der Waals surface area contributed by atoms with E-state index < -0.39 is 0 Å². The van der Waals surface area contributed by atoms with Crippen LogP contribution in [0.2, 0.25) is 0 Å². The number of hydrogen-bond donors (Lipinski definition) is 3. The van der Waals surface area contributed by atoms with Crippen molar-refractivity contribution in [2.24, 2.45) is 5.92 Å². The molecule has 0 spiro atoms. The van der Waals surface area contributed by atoms with E-state index in [1.54, 1.807) is 13.0 Å². The van der Waals surface area contributed by atoms with Crippen LogP contribution < -0.4 is 16.0 Å². The van der Waals surface area contributed by atoms with Crippen LogP contribution in [-0.2, 0) is 9.59 Å². The molecule has 0 radical (unpaired) electrons. The molecule has 0 aliphatic rings. The average Bonchev–Trinajstić information content (AvgIpc) is 2.42. The summed E-state index contributed by atoms with van der Waals surface area (Å²) in [6, 6.07) is 5.49. The Bertz CT molecular complexity index is 492. The van der Waals surface area contributed by atoms with E-state index in [9.17, 15) is 9.59 Å². The van der Waals surface area contributed by atoms with Gasteiger partial charge in [-0.1, -0.05) is 19.9 Å². The third-order valence-electron chi connectivity index (χ3n) is 3.06. The molecule has 1 rings (SSSR count). The molecular formula is C15H24ClN3O2. The summed E-state index contributed by atoms with van der Waals surface area (Å²) in [5, 5.41) is 8.66. The summed E-state index contributed by atoms with van der Waals surface area (Å²) in [5.74, 6) is -0.204. The van der Waals surface area contributed by atoms with Gasteiger partial charge >= 0.3 is 0 Å². The number of carbonyl (C=O) groups is 2. The first kappa shape index (κ1) is 19.4. The van der Waals surface area contributed by atoms with Crippen LogP contribution in [0.5, 0.6) is 0 Å². The topological polar surface area (TPSA) is 70.2 Å². The number of aryl methyl sites for hydroxylation is 1. The second kappa shape index (κ2) is 9.37. The van der Waals surface area contributed by atoms with Crippen LogP contribution in [-0.4, -0.2) is 25.4 Å². The van der Waals surface area contributed by atoms with Crippen molar-refractivity contribution in [1.82, 2.24) is 5.32 Å². The largest absolute Gasteiger partial charge is 0.326 e. The number of nitrogens with one attached hydrogen (secondary N) is 3. The maximum atomic E-state index is 12.0. The zero-order valence-electron chi connectivity index (χ0n) is 12.9. The lowest BCUT2D eigenvalue weighted by Crippen LogP contribution is -2.28. The molecule has 5 nitrogen and oxygen atoms in total. The molecule has 1 aromatic carbocycles. The van der Waals surface area contributed by atoms with E-state index in [1.165, 1.54) is 0 Å². The van der Waals surface area contributed by atoms with Gasteiger partial charge in [0.05, 0.1) is 0 Å². The van der Waals surface area contributed by atoms with Gasteiger partial charge in [-0.05, 0) is 31.7 Å². The van der Waals surface area contributed by atoms with Crippen molar-refractivity contribution in [3.8, 4) is 0 Å². The van der Waals surface area contributed by atoms with Gasteiger partial charge in [0.1, 0.15) is 0 Å². The molecule has 1 unspecified atom stereocenters. The molecule has 0 aliphatic heterocycles. The number of benzene rings is 1. The summed E-state index contributed by atoms with van der Waals surface area (Å²) < 4.78 is 0. The molecule has 0 aromatic heterocycles. The first-order chi connectivity index (χ1) is 9.47. The lowest BCUT2D eigenvalue weighted by molar-refractivity contribution is -0.119. The summed E-state index contributed by atoms with van der Waals surface area (Å²) in [5.41, 5.74) is 2.38. The summed E-state index contributed by atoms with van der Waals surface area (Å²) in [6.45, 7) is 6.20. The Morgan fingerprint density at radius 2 is 1.90 bits per heavy atom. The van der Waals surface area contributed by atoms with Gasteiger partial charge in [-0.25, -0.2) is 0 Å². The van der Waals surface area contributed by atoms with Gasteiger partial charge in [-0.2, -0.15) is 0 Å². The number of carbonyl (C=O) groups excluding carboxylic acids is 2. The van der Waals surface area contributed by atoms with E-state index in [0.29, 0.717) is 18.7 Å². The molecule has 0 bridgehead atoms. The van der Waals surface area contributed by atoms with E-state index in [-0.39, 0.29) is 30.1 Å². The first-order valence-corrected chi connectivity index (χ1v) is 6.83. The molecule has 0 heterocycles. The lowest BCUT2D eigenvalue weighted by Gasteiger charge is -2.14. The van der Waals surface area contributed by atoms with Gasteiger partial charge < -0.3 is 16.0 Å². The third-order valence-corrected chi connectivity index (χ3v) is 3.06. The van der Waals surface area contributed by atoms with Gasteiger partial charge in [0.25, 0.3) is 0 Å². The minimum atomic E-state index is -0.117. The van der Waals surface area contributed by atoms with Crippen molar-refractivity contribution in [2.45, 2.75) is 27.2 Å². The molecule has 0 saturated heterocycles. The maximum Gasteiger partial charge on any atom is 0.228 e. The molecule has 1 aromatic rings. The monoisotopic (exact) mass is 313 g/mol. The summed E-state index contributed by atoms with van der Waals surface area (Å²) in [4.78, 5) is 23.4. The zero-order valence-corrected chi connectivity index (χ0v) is 13.8. The molecular weight excluding hydrogens is 290 g/mol. The van der Waals surface area contributed by atoms with E-state index in [4.69, 9.17) is 0 Å². The van der Waals surface area contributed by atoms with Gasteiger partial charge in [-0.3, -0.25) is 9.59 Å². The van der Waals surface area contributed by atoms with E-state index in [2.05, 4.69) is 16.0 Å². The van der Waals surface area contributed by atoms with Gasteiger partial charge in [-0.15, -0.1) is 12.4 Å². The molecule has 1 atom stereocenters. The van der Waals surface area contributed by atoms with Crippen molar-refractivity contribution >= 4 is 35.6 Å². The van der Waals surface area contributed by atoms with Crippen molar-refractivity contribution in [2.75, 3.05) is 24.2 Å². The van der Waals surface area contributed by atoms with Crippen molar-refractivity contribution in [3.63, 3.8) is 0 Å². The standard InChI is InChI=1S/C15H23N3O2.ClH/c1-5-14(19)17-12-7-6-10(2)13(8-12)18-15(20)11(3)9-16-4;/h6-8,11,16H,5,9H2,1-4H3,(H,17,19)(H,18,20);1H. The predicted octanol–water partition coefficient (Wildman–Crippen LogP) is 2.56. The summed E-state index contributed by atoms with van der Waals surface area (Å²) in [7, 11) is 1.82. The van der Waals surface area contributed by atoms with Crippen LogP contribution in [0.1, 0.15) is 25.8 Å². The fourth-order valence-electron chi connectivity index (χ4n) is 1.74. The Morgan fingerprint density at radius 1 is 1.24 bits per heavy atom. The van der Waals surface area contributed by atoms with Crippen LogP contribution in [0.15, 0.2) is 18.2 Å². The molecule has 0 saturated carbocycles. The van der Waals surface area contributed by atoms with Crippen LogP contribution in [0, 0.1) is 12.8 Å². The smallest absolute Gasteiger partial charge is 0.228 e. The highest BCUT2D eigenvalue weighted by atomic mass is 35.5. The Hall–Kier alpha value is -1.59. The third kappa shape index (κ3) is 6.14. The number of anilines is 2. The minimum Gasteiger partial charge on any atom is -0.326 e. The first-order valence-electron chi connectivity index (χ1n) is 6.83.